The molecule has 13 nitrogen and oxygen atoms in total. The molecule has 0 fully saturated rings. The third-order valence-electron chi connectivity index (χ3n) is 8.75. The molecule has 0 aliphatic carbocycles. The van der Waals surface area contributed by atoms with Gasteiger partial charge < -0.3 is 30.7 Å². The number of ether oxygens (including phenoxy) is 2. The lowest BCUT2D eigenvalue weighted by molar-refractivity contribution is -0.133. The summed E-state index contributed by atoms with van der Waals surface area (Å²) >= 11 is 0. The van der Waals surface area contributed by atoms with Crippen molar-refractivity contribution < 1.29 is 43.0 Å². The summed E-state index contributed by atoms with van der Waals surface area (Å²) in [5, 5.41) is 10.6. The van der Waals surface area contributed by atoms with E-state index in [2.05, 4.69) is 21.3 Å². The topological polar surface area (TPSA) is 186 Å². The van der Waals surface area contributed by atoms with Crippen molar-refractivity contribution in [3.8, 4) is 11.5 Å². The Morgan fingerprint density at radius 2 is 0.804 bits per heavy atom. The summed E-state index contributed by atoms with van der Waals surface area (Å²) in [4.78, 5) is 91.9. The van der Waals surface area contributed by atoms with Crippen LogP contribution in [0, 0.1) is 35.5 Å². The molecule has 308 valence electrons. The number of nitrogens with one attached hydrogen (secondary N) is 4. The molecule has 13 heteroatoms. The number of benzene rings is 2. The quantitative estimate of drug-likeness (QED) is 0.0931. The van der Waals surface area contributed by atoms with Gasteiger partial charge in [0.15, 0.2) is 17.3 Å². The van der Waals surface area contributed by atoms with Gasteiger partial charge in [-0.05, 0) is 73.6 Å². The third-order valence-corrected chi connectivity index (χ3v) is 8.75. The molecule has 0 aromatic heterocycles. The van der Waals surface area contributed by atoms with E-state index >= 15 is 0 Å². The number of carbonyl (C=O) groups excluding carboxylic acids is 7. The molecule has 4 amide bonds. The summed E-state index contributed by atoms with van der Waals surface area (Å²) in [6.45, 7) is 14.6. The smallest absolute Gasteiger partial charge is 0.410 e. The number of hydrogen-bond donors (Lipinski definition) is 4. The molecule has 0 saturated carbocycles. The molecule has 0 unspecified atom stereocenters. The average Bonchev–Trinajstić information content (AvgIpc) is 3.11. The lowest BCUT2D eigenvalue weighted by Gasteiger charge is -2.23. The van der Waals surface area contributed by atoms with Crippen LogP contribution in [0.1, 0.15) is 93.9 Å². The zero-order valence-electron chi connectivity index (χ0n) is 34.2. The summed E-state index contributed by atoms with van der Waals surface area (Å²) in [5.74, 6) is -2.73. The normalized spacial score (nSPS) is 13.4. The largest absolute Gasteiger partial charge is 0.413 e. The summed E-state index contributed by atoms with van der Waals surface area (Å²) in [6.07, 6.45) is -0.434. The molecular formula is C43H62N4O9. The fourth-order valence-corrected chi connectivity index (χ4v) is 6.22. The van der Waals surface area contributed by atoms with Gasteiger partial charge >= 0.3 is 12.2 Å². The minimum atomic E-state index is -0.879. The molecule has 4 N–H and O–H groups in total. The second kappa shape index (κ2) is 24.4. The molecule has 2 rings (SSSR count). The van der Waals surface area contributed by atoms with Crippen LogP contribution in [-0.4, -0.2) is 66.5 Å². The minimum Gasteiger partial charge on any atom is -0.410 e. The zero-order chi connectivity index (χ0) is 41.8. The van der Waals surface area contributed by atoms with Crippen molar-refractivity contribution >= 4 is 41.4 Å². The van der Waals surface area contributed by atoms with Crippen LogP contribution in [0.25, 0.3) is 0 Å². The van der Waals surface area contributed by atoms with Crippen LogP contribution in [-0.2, 0) is 24.0 Å². The van der Waals surface area contributed by atoms with Crippen molar-refractivity contribution in [3.63, 3.8) is 0 Å². The van der Waals surface area contributed by atoms with Crippen molar-refractivity contribution in [2.45, 2.75) is 106 Å². The summed E-state index contributed by atoms with van der Waals surface area (Å²) < 4.78 is 10.6. The average molecular weight is 779 g/mol. The molecule has 2 aromatic rings. The number of hydrogen-bond acceptors (Lipinski definition) is 9. The number of Topliss-reactive ketones (excluding diaryl/α,β-unsaturated/α-hetero) is 3. The summed E-state index contributed by atoms with van der Waals surface area (Å²) in [6, 6.07) is 15.2. The molecule has 0 saturated heterocycles. The highest BCUT2D eigenvalue weighted by atomic mass is 16.6. The van der Waals surface area contributed by atoms with Crippen molar-refractivity contribution in [1.82, 2.24) is 21.3 Å². The number of para-hydroxylation sites is 2. The predicted octanol–water partition coefficient (Wildman–Crippen LogP) is 6.44. The summed E-state index contributed by atoms with van der Waals surface area (Å²) in [7, 11) is 0. The zero-order valence-corrected chi connectivity index (χ0v) is 34.2. The SMILES string of the molecule is CC(C)C[C@@H](CC(=O)[C@H](CC(C)C)NC(=O)Oc1ccccc1)C(=O)NCC(=O)CNC(=O)[C@@H](CC(=O)[C@@H](CC(C)C)NC(=O)Oc1ccccc1)CC(C)C. The van der Waals surface area contributed by atoms with Gasteiger partial charge in [-0.3, -0.25) is 24.0 Å². The highest BCUT2D eigenvalue weighted by Crippen LogP contribution is 2.21. The maximum Gasteiger partial charge on any atom is 0.413 e. The molecule has 56 heavy (non-hydrogen) atoms. The standard InChI is InChI=1S/C43H62N4O9/c1-27(2)19-31(23-38(49)36(21-29(5)6)46-42(53)55-34-15-11-9-12-16-34)40(51)44-25-33(48)26-45-41(52)32(20-28(3)4)24-39(50)37(22-30(7)8)47-43(54)56-35-17-13-10-14-18-35/h9-18,27-32,36-37H,19-26H2,1-8H3,(H,44,51)(H,45,52)(H,46,53)(H,47,54)/t31-,32+,36-,37+. The van der Waals surface area contributed by atoms with E-state index in [1.807, 2.05) is 55.4 Å². The molecule has 0 bridgehead atoms. The van der Waals surface area contributed by atoms with Crippen molar-refractivity contribution in [2.24, 2.45) is 35.5 Å². The van der Waals surface area contributed by atoms with Gasteiger partial charge in [-0.2, -0.15) is 0 Å². The van der Waals surface area contributed by atoms with Gasteiger partial charge in [0.2, 0.25) is 11.8 Å². The van der Waals surface area contributed by atoms with Gasteiger partial charge in [-0.25, -0.2) is 9.59 Å². The second-order valence-electron chi connectivity index (χ2n) is 16.0. The van der Waals surface area contributed by atoms with Gasteiger partial charge in [0, 0.05) is 24.7 Å². The van der Waals surface area contributed by atoms with E-state index in [4.69, 9.17) is 9.47 Å². The predicted molar refractivity (Wildman–Crippen MR) is 214 cm³/mol. The van der Waals surface area contributed by atoms with Crippen molar-refractivity contribution in [1.29, 1.82) is 0 Å². The monoisotopic (exact) mass is 778 g/mol. The van der Waals surface area contributed by atoms with E-state index in [9.17, 15) is 33.6 Å². The Balaban J connectivity index is 2.00. The van der Waals surface area contributed by atoms with Crippen LogP contribution >= 0.6 is 0 Å². The molecule has 0 aliphatic heterocycles. The number of rotatable bonds is 24. The van der Waals surface area contributed by atoms with E-state index in [1.54, 1.807) is 60.7 Å². The van der Waals surface area contributed by atoms with Gasteiger partial charge in [-0.1, -0.05) is 91.8 Å². The van der Waals surface area contributed by atoms with Crippen LogP contribution in [0.3, 0.4) is 0 Å². The van der Waals surface area contributed by atoms with E-state index in [-0.39, 0.29) is 61.2 Å². The molecule has 2 aromatic carbocycles. The first-order chi connectivity index (χ1) is 26.4. The molecule has 4 atom stereocenters. The first kappa shape index (κ1) is 47.1. The lowest BCUT2D eigenvalue weighted by atomic mass is 9.88. The van der Waals surface area contributed by atoms with E-state index in [1.165, 1.54) is 0 Å². The van der Waals surface area contributed by atoms with E-state index in [0.29, 0.717) is 37.2 Å². The molecule has 0 aliphatic rings. The van der Waals surface area contributed by atoms with Crippen LogP contribution < -0.4 is 30.7 Å². The van der Waals surface area contributed by atoms with Gasteiger partial charge in [-0.15, -0.1) is 0 Å². The fraction of sp³-hybridized carbons (Fsp3) is 0.558. The Hall–Kier alpha value is -5.07. The first-order valence-electron chi connectivity index (χ1n) is 19.6. The van der Waals surface area contributed by atoms with Gasteiger partial charge in [0.25, 0.3) is 0 Å². The Kier molecular flexibility index (Phi) is 20.6. The highest BCUT2D eigenvalue weighted by Gasteiger charge is 2.31. The Morgan fingerprint density at radius 3 is 1.11 bits per heavy atom. The first-order valence-corrected chi connectivity index (χ1v) is 19.6. The number of ketones is 3. The molecule has 0 heterocycles. The van der Waals surface area contributed by atoms with Gasteiger partial charge in [0.1, 0.15) is 11.5 Å². The van der Waals surface area contributed by atoms with Crippen LogP contribution in [0.15, 0.2) is 60.7 Å². The fourth-order valence-electron chi connectivity index (χ4n) is 6.22. The van der Waals surface area contributed by atoms with Gasteiger partial charge in [0.05, 0.1) is 25.2 Å². The number of amides is 4. The lowest BCUT2D eigenvalue weighted by Crippen LogP contribution is -2.46. The van der Waals surface area contributed by atoms with E-state index in [0.717, 1.165) is 0 Å². The highest BCUT2D eigenvalue weighted by molar-refractivity contribution is 5.95. The third kappa shape index (κ3) is 19.0. The minimum absolute atomic E-state index is 0.0542. The van der Waals surface area contributed by atoms with Crippen molar-refractivity contribution in [2.75, 3.05) is 13.1 Å². The maximum absolute atomic E-state index is 13.5. The number of carbonyl (C=O) groups is 7. The molecular weight excluding hydrogens is 716 g/mol. The maximum atomic E-state index is 13.5. The van der Waals surface area contributed by atoms with E-state index < -0.39 is 53.7 Å². The summed E-state index contributed by atoms with van der Waals surface area (Å²) in [5.41, 5.74) is 0. The Labute approximate surface area is 331 Å². The van der Waals surface area contributed by atoms with Crippen LogP contribution in [0.2, 0.25) is 0 Å². The Morgan fingerprint density at radius 1 is 0.482 bits per heavy atom. The van der Waals surface area contributed by atoms with Crippen LogP contribution in [0.4, 0.5) is 9.59 Å². The second-order valence-corrected chi connectivity index (χ2v) is 16.0. The van der Waals surface area contributed by atoms with Crippen molar-refractivity contribution in [3.05, 3.63) is 60.7 Å². The molecule has 0 radical (unpaired) electrons. The molecule has 0 spiro atoms. The Bertz CT molecular complexity index is 1460. The van der Waals surface area contributed by atoms with Crippen LogP contribution in [0.5, 0.6) is 11.5 Å².